The summed E-state index contributed by atoms with van der Waals surface area (Å²) in [5, 5.41) is 4.29. The number of hydrogen-bond acceptors (Lipinski definition) is 6. The van der Waals surface area contributed by atoms with Crippen molar-refractivity contribution in [2.45, 2.75) is 6.92 Å². The summed E-state index contributed by atoms with van der Waals surface area (Å²) < 4.78 is 12.0. The topological polar surface area (TPSA) is 59.5 Å². The van der Waals surface area contributed by atoms with Gasteiger partial charge in [0.1, 0.15) is 30.3 Å². The summed E-state index contributed by atoms with van der Waals surface area (Å²) in [4.78, 5) is 11.2. The maximum atomic E-state index is 6.07. The number of aryl methyl sites for hydroxylation is 1. The first-order chi connectivity index (χ1) is 15.7. The molecule has 0 atom stereocenters. The number of benzene rings is 3. The van der Waals surface area contributed by atoms with Crippen LogP contribution in [0.2, 0.25) is 0 Å². The van der Waals surface area contributed by atoms with E-state index in [1.807, 2.05) is 67.6 Å². The van der Waals surface area contributed by atoms with Gasteiger partial charge in [-0.3, -0.25) is 0 Å². The second-order valence-corrected chi connectivity index (χ2v) is 7.68. The van der Waals surface area contributed by atoms with Crippen LogP contribution in [-0.2, 0) is 0 Å². The summed E-state index contributed by atoms with van der Waals surface area (Å²) in [7, 11) is 0. The fourth-order valence-corrected chi connectivity index (χ4v) is 3.88. The quantitative estimate of drug-likeness (QED) is 0.391. The van der Waals surface area contributed by atoms with Gasteiger partial charge in [-0.1, -0.05) is 18.2 Å². The molecule has 0 saturated carbocycles. The molecule has 0 aliphatic carbocycles. The number of nitrogens with one attached hydrogen (secondary N) is 1. The van der Waals surface area contributed by atoms with E-state index < -0.39 is 0 Å². The number of hydrogen-bond donors (Lipinski definition) is 1. The average Bonchev–Trinajstić information content (AvgIpc) is 2.81. The van der Waals surface area contributed by atoms with Crippen LogP contribution in [0.4, 0.5) is 17.2 Å². The Hall–Kier alpha value is -4.06. The summed E-state index contributed by atoms with van der Waals surface area (Å²) in [6, 6.07) is 19.9. The van der Waals surface area contributed by atoms with Crippen LogP contribution in [0.25, 0.3) is 10.9 Å². The predicted molar refractivity (Wildman–Crippen MR) is 128 cm³/mol. The number of anilines is 3. The van der Waals surface area contributed by atoms with Gasteiger partial charge in [-0.2, -0.15) is 0 Å². The Bertz CT molecular complexity index is 1270. The lowest BCUT2D eigenvalue weighted by atomic mass is 10.1. The van der Waals surface area contributed by atoms with Crippen molar-refractivity contribution < 1.29 is 9.47 Å². The molecule has 5 rings (SSSR count). The molecule has 6 heteroatoms. The molecule has 1 N–H and O–H groups in total. The van der Waals surface area contributed by atoms with Crippen molar-refractivity contribution in [3.8, 4) is 17.2 Å². The van der Waals surface area contributed by atoms with Gasteiger partial charge in [0.25, 0.3) is 0 Å². The van der Waals surface area contributed by atoms with Crippen LogP contribution in [-0.4, -0.2) is 29.7 Å². The summed E-state index contributed by atoms with van der Waals surface area (Å²) in [5.41, 5.74) is 3.93. The zero-order valence-electron chi connectivity index (χ0n) is 17.9. The van der Waals surface area contributed by atoms with Crippen molar-refractivity contribution in [1.29, 1.82) is 0 Å². The highest BCUT2D eigenvalue weighted by molar-refractivity contribution is 6.00. The molecule has 0 fully saturated rings. The van der Waals surface area contributed by atoms with Gasteiger partial charge in [0, 0.05) is 12.2 Å². The first-order valence-electron chi connectivity index (χ1n) is 10.6. The average molecular weight is 425 g/mol. The molecule has 1 aliphatic heterocycles. The monoisotopic (exact) mass is 424 g/mol. The molecule has 0 radical (unpaired) electrons. The molecule has 0 spiro atoms. The van der Waals surface area contributed by atoms with Crippen LogP contribution in [0, 0.1) is 6.92 Å². The third-order valence-electron chi connectivity index (χ3n) is 5.38. The minimum atomic E-state index is 0.610. The zero-order chi connectivity index (χ0) is 21.9. The molecule has 4 aromatic rings. The zero-order valence-corrected chi connectivity index (χ0v) is 17.9. The van der Waals surface area contributed by atoms with Crippen LogP contribution in [0.1, 0.15) is 5.56 Å². The third-order valence-corrected chi connectivity index (χ3v) is 5.38. The van der Waals surface area contributed by atoms with E-state index in [2.05, 4.69) is 32.8 Å². The minimum Gasteiger partial charge on any atom is -0.489 e. The first-order valence-corrected chi connectivity index (χ1v) is 10.6. The molecule has 0 amide bonds. The smallest absolute Gasteiger partial charge is 0.155 e. The maximum Gasteiger partial charge on any atom is 0.155 e. The highest BCUT2D eigenvalue weighted by Gasteiger charge is 2.22. The summed E-state index contributed by atoms with van der Waals surface area (Å²) in [6.07, 6.45) is 3.47. The third kappa shape index (κ3) is 3.95. The van der Waals surface area contributed by atoms with Crippen LogP contribution < -0.4 is 19.7 Å². The minimum absolute atomic E-state index is 0.610. The van der Waals surface area contributed by atoms with Crippen molar-refractivity contribution in [2.24, 2.45) is 0 Å². The molecule has 160 valence electrons. The molecule has 32 heavy (non-hydrogen) atoms. The summed E-state index contributed by atoms with van der Waals surface area (Å²) >= 11 is 0. The molecular weight excluding hydrogens is 400 g/mol. The lowest BCUT2D eigenvalue weighted by Crippen LogP contribution is -2.32. The SMILES string of the molecule is C=CCN1CCOc2c1ccc1ncnc(Nc3ccc(Oc4cccc(C)c4)cc3)c21. The highest BCUT2D eigenvalue weighted by atomic mass is 16.5. The van der Waals surface area contributed by atoms with E-state index in [-0.39, 0.29) is 0 Å². The Balaban J connectivity index is 1.44. The molecule has 0 unspecified atom stereocenters. The van der Waals surface area contributed by atoms with E-state index in [1.165, 1.54) is 0 Å². The summed E-state index contributed by atoms with van der Waals surface area (Å²) in [5.74, 6) is 3.10. The van der Waals surface area contributed by atoms with Crippen molar-refractivity contribution in [1.82, 2.24) is 9.97 Å². The lowest BCUT2D eigenvalue weighted by molar-refractivity contribution is 0.313. The van der Waals surface area contributed by atoms with Crippen molar-refractivity contribution >= 4 is 28.1 Å². The number of aromatic nitrogens is 2. The van der Waals surface area contributed by atoms with Gasteiger partial charge < -0.3 is 19.7 Å². The summed E-state index contributed by atoms with van der Waals surface area (Å²) in [6.45, 7) is 8.12. The number of fused-ring (bicyclic) bond motifs is 3. The van der Waals surface area contributed by atoms with E-state index in [0.717, 1.165) is 58.2 Å². The molecule has 3 aromatic carbocycles. The van der Waals surface area contributed by atoms with Crippen LogP contribution in [0.15, 0.2) is 79.6 Å². The van der Waals surface area contributed by atoms with Crippen LogP contribution >= 0.6 is 0 Å². The lowest BCUT2D eigenvalue weighted by Gasteiger charge is -2.31. The Morgan fingerprint density at radius 3 is 2.78 bits per heavy atom. The molecule has 0 saturated heterocycles. The Labute approximate surface area is 187 Å². The van der Waals surface area contributed by atoms with Crippen molar-refractivity contribution in [3.63, 3.8) is 0 Å². The Morgan fingerprint density at radius 1 is 1.09 bits per heavy atom. The second-order valence-electron chi connectivity index (χ2n) is 7.68. The Morgan fingerprint density at radius 2 is 1.97 bits per heavy atom. The normalized spacial score (nSPS) is 12.7. The van der Waals surface area contributed by atoms with Gasteiger partial charge >= 0.3 is 0 Å². The van der Waals surface area contributed by atoms with E-state index in [9.17, 15) is 0 Å². The predicted octanol–water partition coefficient (Wildman–Crippen LogP) is 5.86. The maximum absolute atomic E-state index is 6.07. The fraction of sp³-hybridized carbons (Fsp3) is 0.154. The number of ether oxygens (including phenoxy) is 2. The first kappa shape index (κ1) is 19.9. The molecule has 2 heterocycles. The van der Waals surface area contributed by atoms with Gasteiger partial charge in [0.05, 0.1) is 23.1 Å². The van der Waals surface area contributed by atoms with Crippen LogP contribution in [0.5, 0.6) is 17.2 Å². The van der Waals surface area contributed by atoms with Gasteiger partial charge in [-0.15, -0.1) is 6.58 Å². The van der Waals surface area contributed by atoms with Crippen molar-refractivity contribution in [3.05, 3.63) is 85.2 Å². The molecule has 6 nitrogen and oxygen atoms in total. The standard InChI is InChI=1S/C26H24N4O2/c1-3-13-30-14-15-31-25-23(30)12-11-22-24(25)26(28-17-27-22)29-19-7-9-20(10-8-19)32-21-6-4-5-18(2)16-21/h3-12,16-17H,1,13-15H2,2H3,(H,27,28,29). The molecular formula is C26H24N4O2. The number of nitrogens with zero attached hydrogens (tertiary/aromatic N) is 3. The fourth-order valence-electron chi connectivity index (χ4n) is 3.88. The number of rotatable bonds is 6. The molecule has 0 bridgehead atoms. The molecule has 1 aliphatic rings. The van der Waals surface area contributed by atoms with Gasteiger partial charge in [0.15, 0.2) is 5.75 Å². The van der Waals surface area contributed by atoms with E-state index in [1.54, 1.807) is 6.33 Å². The van der Waals surface area contributed by atoms with Crippen LogP contribution in [0.3, 0.4) is 0 Å². The van der Waals surface area contributed by atoms with Crippen molar-refractivity contribution in [2.75, 3.05) is 29.9 Å². The highest BCUT2D eigenvalue weighted by Crippen LogP contribution is 2.41. The van der Waals surface area contributed by atoms with Gasteiger partial charge in [0.2, 0.25) is 0 Å². The van der Waals surface area contributed by atoms with E-state index >= 15 is 0 Å². The molecule has 1 aromatic heterocycles. The van der Waals surface area contributed by atoms with Gasteiger partial charge in [-0.05, 0) is 61.0 Å². The van der Waals surface area contributed by atoms with E-state index in [0.29, 0.717) is 12.4 Å². The largest absolute Gasteiger partial charge is 0.489 e. The van der Waals surface area contributed by atoms with Gasteiger partial charge in [-0.25, -0.2) is 9.97 Å². The Kier molecular flexibility index (Phi) is 5.34. The van der Waals surface area contributed by atoms with E-state index in [4.69, 9.17) is 9.47 Å². The second kappa shape index (κ2) is 8.59.